The van der Waals surface area contributed by atoms with Gasteiger partial charge in [0.15, 0.2) is 0 Å². The summed E-state index contributed by atoms with van der Waals surface area (Å²) in [7, 11) is 0. The van der Waals surface area contributed by atoms with Crippen LogP contribution in [0, 0.1) is 5.82 Å². The Bertz CT molecular complexity index is 422. The molecule has 1 N–H and O–H groups in total. The first kappa shape index (κ1) is 13.0. The molecule has 0 bridgehead atoms. The van der Waals surface area contributed by atoms with Crippen LogP contribution in [0.5, 0.6) is 0 Å². The smallest absolute Gasteiger partial charge is 0.320 e. The summed E-state index contributed by atoms with van der Waals surface area (Å²) in [5.41, 5.74) is 0.575. The Morgan fingerprint density at radius 1 is 1.33 bits per heavy atom. The molecule has 1 aromatic carbocycles. The number of aliphatic carboxylic acids is 1. The van der Waals surface area contributed by atoms with Crippen LogP contribution >= 0.6 is 0 Å². The van der Waals surface area contributed by atoms with Crippen LogP contribution in [0.2, 0.25) is 0 Å². The molecule has 1 atom stereocenters. The van der Waals surface area contributed by atoms with Crippen molar-refractivity contribution in [2.45, 2.75) is 38.3 Å². The fourth-order valence-corrected chi connectivity index (χ4v) is 2.48. The summed E-state index contributed by atoms with van der Waals surface area (Å²) >= 11 is 0. The van der Waals surface area contributed by atoms with Crippen LogP contribution in [0.15, 0.2) is 24.3 Å². The minimum atomic E-state index is -0.798. The summed E-state index contributed by atoms with van der Waals surface area (Å²) in [6, 6.07) is 6.09. The molecule has 1 heterocycles. The quantitative estimate of drug-likeness (QED) is 0.897. The number of carboxylic acid groups (broad SMARTS) is 1. The van der Waals surface area contributed by atoms with Crippen molar-refractivity contribution in [3.8, 4) is 0 Å². The number of hydrogen-bond acceptors (Lipinski definition) is 2. The fraction of sp³-hybridized carbons (Fsp3) is 0.500. The molecular formula is C14H18FNO2. The molecule has 0 saturated carbocycles. The van der Waals surface area contributed by atoms with Crippen molar-refractivity contribution in [3.05, 3.63) is 35.6 Å². The van der Waals surface area contributed by atoms with Gasteiger partial charge in [-0.25, -0.2) is 4.39 Å². The van der Waals surface area contributed by atoms with E-state index >= 15 is 0 Å². The first-order chi connectivity index (χ1) is 8.68. The fourth-order valence-electron chi connectivity index (χ4n) is 2.48. The molecule has 0 spiro atoms. The minimum Gasteiger partial charge on any atom is -0.480 e. The van der Waals surface area contributed by atoms with Gasteiger partial charge < -0.3 is 5.11 Å². The van der Waals surface area contributed by atoms with Gasteiger partial charge in [0.1, 0.15) is 11.9 Å². The van der Waals surface area contributed by atoms with Crippen LogP contribution < -0.4 is 0 Å². The van der Waals surface area contributed by atoms with Gasteiger partial charge in [0, 0.05) is 12.1 Å². The molecule has 0 radical (unpaired) electrons. The van der Waals surface area contributed by atoms with Crippen LogP contribution in [0.4, 0.5) is 4.39 Å². The normalized spacial score (nSPS) is 21.5. The molecule has 3 nitrogen and oxygen atoms in total. The molecule has 2 rings (SSSR count). The second kappa shape index (κ2) is 5.96. The maximum atomic E-state index is 13.6. The molecule has 0 amide bonds. The second-order valence-corrected chi connectivity index (χ2v) is 4.77. The van der Waals surface area contributed by atoms with E-state index in [1.54, 1.807) is 18.2 Å². The molecule has 1 aromatic rings. The predicted octanol–water partition coefficient (Wildman–Crippen LogP) is 2.65. The Kier molecular flexibility index (Phi) is 4.31. The first-order valence-corrected chi connectivity index (χ1v) is 6.39. The number of rotatable bonds is 3. The highest BCUT2D eigenvalue weighted by atomic mass is 19.1. The second-order valence-electron chi connectivity index (χ2n) is 4.77. The highest BCUT2D eigenvalue weighted by Crippen LogP contribution is 2.20. The lowest BCUT2D eigenvalue weighted by Gasteiger charge is -2.26. The maximum Gasteiger partial charge on any atom is 0.320 e. The van der Waals surface area contributed by atoms with Gasteiger partial charge in [-0.1, -0.05) is 31.0 Å². The van der Waals surface area contributed by atoms with Crippen LogP contribution in [0.3, 0.4) is 0 Å². The Morgan fingerprint density at radius 2 is 2.11 bits per heavy atom. The minimum absolute atomic E-state index is 0.258. The number of carbonyl (C=O) groups is 1. The number of halogens is 1. The number of carboxylic acids is 1. The van der Waals surface area contributed by atoms with E-state index in [9.17, 15) is 14.3 Å². The highest BCUT2D eigenvalue weighted by Gasteiger charge is 2.27. The first-order valence-electron chi connectivity index (χ1n) is 6.39. The van der Waals surface area contributed by atoms with Crippen molar-refractivity contribution in [2.24, 2.45) is 0 Å². The van der Waals surface area contributed by atoms with Gasteiger partial charge in [-0.15, -0.1) is 0 Å². The Morgan fingerprint density at radius 3 is 2.83 bits per heavy atom. The van der Waals surface area contributed by atoms with Gasteiger partial charge >= 0.3 is 5.97 Å². The van der Waals surface area contributed by atoms with E-state index in [4.69, 9.17) is 0 Å². The molecule has 1 saturated heterocycles. The molecule has 1 fully saturated rings. The van der Waals surface area contributed by atoms with Gasteiger partial charge in [-0.05, 0) is 25.5 Å². The monoisotopic (exact) mass is 251 g/mol. The Balaban J connectivity index is 2.14. The third-order valence-corrected chi connectivity index (χ3v) is 3.48. The molecule has 0 aromatic heterocycles. The third-order valence-electron chi connectivity index (χ3n) is 3.48. The summed E-state index contributed by atoms with van der Waals surface area (Å²) in [6.45, 7) is 1.11. The third kappa shape index (κ3) is 3.07. The van der Waals surface area contributed by atoms with Crippen molar-refractivity contribution >= 4 is 5.97 Å². The molecular weight excluding hydrogens is 233 g/mol. The summed E-state index contributed by atoms with van der Waals surface area (Å²) in [5, 5.41) is 9.25. The molecule has 0 aliphatic carbocycles. The van der Waals surface area contributed by atoms with Crippen LogP contribution in [0.1, 0.15) is 31.2 Å². The zero-order chi connectivity index (χ0) is 13.0. The van der Waals surface area contributed by atoms with E-state index in [-0.39, 0.29) is 5.82 Å². The summed E-state index contributed by atoms with van der Waals surface area (Å²) < 4.78 is 13.6. The van der Waals surface area contributed by atoms with E-state index in [1.807, 2.05) is 4.90 Å². The van der Waals surface area contributed by atoms with Gasteiger partial charge in [-0.3, -0.25) is 9.69 Å². The number of likely N-dealkylation sites (tertiary alicyclic amines) is 1. The van der Waals surface area contributed by atoms with Gasteiger partial charge in [-0.2, -0.15) is 0 Å². The largest absolute Gasteiger partial charge is 0.480 e. The standard InChI is InChI=1S/C14H18FNO2/c15-12-7-4-3-6-11(12)10-16-9-5-1-2-8-13(16)14(17)18/h3-4,6-7,13H,1-2,5,8-10H2,(H,17,18). The topological polar surface area (TPSA) is 40.5 Å². The molecule has 98 valence electrons. The van der Waals surface area contributed by atoms with Gasteiger partial charge in [0.2, 0.25) is 0 Å². The Labute approximate surface area is 106 Å². The van der Waals surface area contributed by atoms with Gasteiger partial charge in [0.05, 0.1) is 0 Å². The highest BCUT2D eigenvalue weighted by molar-refractivity contribution is 5.73. The summed E-state index contributed by atoms with van der Waals surface area (Å²) in [6.07, 6.45) is 3.63. The molecule has 1 aliphatic heterocycles. The molecule has 18 heavy (non-hydrogen) atoms. The molecule has 1 unspecified atom stereocenters. The average molecular weight is 251 g/mol. The lowest BCUT2D eigenvalue weighted by atomic mass is 10.1. The zero-order valence-electron chi connectivity index (χ0n) is 10.3. The van der Waals surface area contributed by atoms with Crippen LogP contribution in [-0.4, -0.2) is 28.6 Å². The van der Waals surface area contributed by atoms with E-state index in [2.05, 4.69) is 0 Å². The van der Waals surface area contributed by atoms with Crippen molar-refractivity contribution in [1.82, 2.24) is 4.90 Å². The van der Waals surface area contributed by atoms with Crippen LogP contribution in [-0.2, 0) is 11.3 Å². The summed E-state index contributed by atoms with van der Waals surface area (Å²) in [4.78, 5) is 13.1. The number of benzene rings is 1. The van der Waals surface area contributed by atoms with Gasteiger partial charge in [0.25, 0.3) is 0 Å². The lowest BCUT2D eigenvalue weighted by Crippen LogP contribution is -2.40. The van der Waals surface area contributed by atoms with E-state index in [1.165, 1.54) is 6.07 Å². The maximum absolute atomic E-state index is 13.6. The number of hydrogen-bond donors (Lipinski definition) is 1. The number of nitrogens with zero attached hydrogens (tertiary/aromatic N) is 1. The lowest BCUT2D eigenvalue weighted by molar-refractivity contribution is -0.143. The Hall–Kier alpha value is -1.42. The molecule has 4 heteroatoms. The predicted molar refractivity (Wildman–Crippen MR) is 66.7 cm³/mol. The van der Waals surface area contributed by atoms with Crippen molar-refractivity contribution in [1.29, 1.82) is 0 Å². The van der Waals surface area contributed by atoms with Crippen LogP contribution in [0.25, 0.3) is 0 Å². The van der Waals surface area contributed by atoms with E-state index < -0.39 is 12.0 Å². The molecule has 1 aliphatic rings. The SMILES string of the molecule is O=C(O)C1CCCCCN1Cc1ccccc1F. The van der Waals surface area contributed by atoms with Crippen molar-refractivity contribution in [3.63, 3.8) is 0 Å². The summed E-state index contributed by atoms with van der Waals surface area (Å²) in [5.74, 6) is -1.06. The van der Waals surface area contributed by atoms with E-state index in [0.717, 1.165) is 25.8 Å². The zero-order valence-corrected chi connectivity index (χ0v) is 10.3. The van der Waals surface area contributed by atoms with E-state index in [0.29, 0.717) is 18.5 Å². The average Bonchev–Trinajstić information content (AvgIpc) is 2.57. The van der Waals surface area contributed by atoms with Crippen molar-refractivity contribution in [2.75, 3.05) is 6.54 Å². The van der Waals surface area contributed by atoms with Crippen molar-refractivity contribution < 1.29 is 14.3 Å².